The van der Waals surface area contributed by atoms with Crippen molar-refractivity contribution in [3.8, 4) is 0 Å². The summed E-state index contributed by atoms with van der Waals surface area (Å²) in [5.74, 6) is -0.659. The molecule has 3 heteroatoms. The molecule has 0 heterocycles. The molecule has 1 N–H and O–H groups in total. The Morgan fingerprint density at radius 3 is 1.40 bits per heavy atom. The predicted molar refractivity (Wildman–Crippen MR) is 116 cm³/mol. The molecule has 0 aromatic carbocycles. The van der Waals surface area contributed by atoms with Crippen molar-refractivity contribution >= 4 is 27.1 Å². The molecule has 2 nitrogen and oxygen atoms in total. The molecule has 2 radical (unpaired) electrons. The standard InChI is InChI=1S/C12H24O2.2C4H9.C2H4.Sn/c1-2-3-4-5-6-7-8-9-10-11-12(13)14;2*1-3-4-2;1-2;/h2-11H2,1H3,(H,13,14);2*1,3-4H2,2H3;1-2H2;. The Labute approximate surface area is 169 Å². The van der Waals surface area contributed by atoms with Gasteiger partial charge in [-0.3, -0.25) is 4.79 Å². The summed E-state index contributed by atoms with van der Waals surface area (Å²) in [6.07, 6.45) is 17.3. The second-order valence-corrected chi connectivity index (χ2v) is 10.7. The topological polar surface area (TPSA) is 37.3 Å². The fourth-order valence-corrected chi connectivity index (χ4v) is 6.47. The van der Waals surface area contributed by atoms with Gasteiger partial charge in [0.2, 0.25) is 0 Å². The van der Waals surface area contributed by atoms with Crippen molar-refractivity contribution in [2.45, 2.75) is 120 Å². The van der Waals surface area contributed by atoms with Gasteiger partial charge in [-0.05, 0) is 6.42 Å². The van der Waals surface area contributed by atoms with Gasteiger partial charge >= 0.3 is 75.5 Å². The first-order valence-corrected chi connectivity index (χ1v) is 14.6. The zero-order valence-electron chi connectivity index (χ0n) is 17.6. The number of unbranched alkanes of at least 4 members (excludes halogenated alkanes) is 10. The first-order valence-electron chi connectivity index (χ1n) is 10.6. The van der Waals surface area contributed by atoms with E-state index in [2.05, 4.69) is 33.9 Å². The van der Waals surface area contributed by atoms with E-state index in [0.29, 0.717) is 6.42 Å². The van der Waals surface area contributed by atoms with Gasteiger partial charge in [-0.25, -0.2) is 0 Å². The maximum absolute atomic E-state index is 10.2. The van der Waals surface area contributed by atoms with E-state index in [0.717, 1.165) is 12.8 Å². The molecule has 0 aliphatic carbocycles. The van der Waals surface area contributed by atoms with Gasteiger partial charge in [0.25, 0.3) is 0 Å². The van der Waals surface area contributed by atoms with Gasteiger partial charge < -0.3 is 5.11 Å². The summed E-state index contributed by atoms with van der Waals surface area (Å²) in [5, 5.41) is 8.41. The molecule has 0 fully saturated rings. The quantitative estimate of drug-likeness (QED) is 0.144. The van der Waals surface area contributed by atoms with E-state index in [4.69, 9.17) is 5.11 Å². The molecule has 0 saturated heterocycles. The molecular formula is C22H46O2Sn. The van der Waals surface area contributed by atoms with Crippen molar-refractivity contribution in [1.29, 1.82) is 0 Å². The Balaban J connectivity index is -0.000000380. The number of hydrogen-bond acceptors (Lipinski definition) is 1. The third-order valence-electron chi connectivity index (χ3n) is 3.91. The Hall–Kier alpha value is 0.00870. The Kier molecular flexibility index (Phi) is 37.8. The van der Waals surface area contributed by atoms with E-state index in [1.165, 1.54) is 70.6 Å². The van der Waals surface area contributed by atoms with Crippen LogP contribution < -0.4 is 0 Å². The molecule has 0 amide bonds. The summed E-state index contributed by atoms with van der Waals surface area (Å²) in [6.45, 7) is 12.8. The van der Waals surface area contributed by atoms with Gasteiger partial charge in [0.1, 0.15) is 0 Å². The molecule has 0 aromatic heterocycles. The zero-order valence-corrected chi connectivity index (χ0v) is 20.4. The minimum absolute atomic E-state index is 0.149. The molecular weight excluding hydrogens is 415 g/mol. The second-order valence-electron chi connectivity index (χ2n) is 6.43. The minimum atomic E-state index is -0.659. The molecule has 0 rings (SSSR count). The van der Waals surface area contributed by atoms with Crippen molar-refractivity contribution < 1.29 is 9.90 Å². The van der Waals surface area contributed by atoms with Gasteiger partial charge in [-0.1, -0.05) is 58.3 Å². The van der Waals surface area contributed by atoms with Crippen LogP contribution >= 0.6 is 0 Å². The Morgan fingerprint density at radius 2 is 1.04 bits per heavy atom. The summed E-state index contributed by atoms with van der Waals surface area (Å²) in [4.78, 5) is 10.2. The molecule has 0 bridgehead atoms. The summed E-state index contributed by atoms with van der Waals surface area (Å²) in [6, 6.07) is 0. The Morgan fingerprint density at radius 1 is 0.680 bits per heavy atom. The summed E-state index contributed by atoms with van der Waals surface area (Å²) >= 11 is 0.149. The van der Waals surface area contributed by atoms with Crippen LogP contribution in [0.25, 0.3) is 0 Å². The number of rotatable bonds is 16. The van der Waals surface area contributed by atoms with E-state index in [-0.39, 0.29) is 21.1 Å². The van der Waals surface area contributed by atoms with Crippen LogP contribution in [0.15, 0.2) is 13.2 Å². The molecule has 150 valence electrons. The van der Waals surface area contributed by atoms with Gasteiger partial charge in [-0.2, -0.15) is 0 Å². The van der Waals surface area contributed by atoms with Gasteiger partial charge in [0.05, 0.1) is 0 Å². The monoisotopic (exact) mass is 462 g/mol. The molecule has 0 aromatic rings. The normalized spacial score (nSPS) is 9.56. The average Bonchev–Trinajstić information content (AvgIpc) is 2.62. The van der Waals surface area contributed by atoms with Crippen LogP contribution in [-0.4, -0.2) is 32.2 Å². The predicted octanol–water partition coefficient (Wildman–Crippen LogP) is 7.92. The van der Waals surface area contributed by atoms with Crippen molar-refractivity contribution in [2.24, 2.45) is 0 Å². The van der Waals surface area contributed by atoms with Gasteiger partial charge in [0, 0.05) is 6.42 Å². The van der Waals surface area contributed by atoms with E-state index in [9.17, 15) is 4.79 Å². The summed E-state index contributed by atoms with van der Waals surface area (Å²) in [5.41, 5.74) is 0. The van der Waals surface area contributed by atoms with E-state index < -0.39 is 5.97 Å². The number of carboxylic acid groups (broad SMARTS) is 1. The van der Waals surface area contributed by atoms with Crippen LogP contribution in [0.3, 0.4) is 0 Å². The van der Waals surface area contributed by atoms with Gasteiger partial charge in [0.15, 0.2) is 0 Å². The first-order chi connectivity index (χ1) is 12.2. The molecule has 25 heavy (non-hydrogen) atoms. The van der Waals surface area contributed by atoms with Crippen LogP contribution in [0, 0.1) is 0 Å². The Bertz CT molecular complexity index is 226. The van der Waals surface area contributed by atoms with E-state index >= 15 is 0 Å². The van der Waals surface area contributed by atoms with Crippen LogP contribution in [0.1, 0.15) is 111 Å². The van der Waals surface area contributed by atoms with Crippen molar-refractivity contribution in [3.63, 3.8) is 0 Å². The summed E-state index contributed by atoms with van der Waals surface area (Å²) in [7, 11) is 0. The number of hydrogen-bond donors (Lipinski definition) is 1. The SMILES string of the molecule is C=C.CCCCCCCCCCCC(=O)O.CCC[CH2][Sn][CH2]CCC. The molecule has 0 saturated carbocycles. The van der Waals surface area contributed by atoms with Crippen LogP contribution in [0.2, 0.25) is 8.87 Å². The fourth-order valence-electron chi connectivity index (χ4n) is 2.32. The van der Waals surface area contributed by atoms with Crippen molar-refractivity contribution in [3.05, 3.63) is 13.2 Å². The number of aliphatic carboxylic acids is 1. The van der Waals surface area contributed by atoms with E-state index in [1.807, 2.05) is 0 Å². The van der Waals surface area contributed by atoms with Crippen LogP contribution in [0.4, 0.5) is 0 Å². The average molecular weight is 461 g/mol. The third kappa shape index (κ3) is 40.2. The van der Waals surface area contributed by atoms with Crippen LogP contribution in [0.5, 0.6) is 0 Å². The first kappa shape index (κ1) is 29.8. The van der Waals surface area contributed by atoms with Crippen molar-refractivity contribution in [1.82, 2.24) is 0 Å². The second kappa shape index (κ2) is 31.7. The summed E-state index contributed by atoms with van der Waals surface area (Å²) < 4.78 is 3.25. The third-order valence-corrected chi connectivity index (χ3v) is 7.94. The van der Waals surface area contributed by atoms with Crippen LogP contribution in [-0.2, 0) is 4.79 Å². The van der Waals surface area contributed by atoms with Crippen molar-refractivity contribution in [2.75, 3.05) is 0 Å². The zero-order chi connectivity index (χ0) is 19.6. The molecule has 0 aliphatic rings. The molecule has 0 unspecified atom stereocenters. The molecule has 0 aliphatic heterocycles. The maximum atomic E-state index is 10.2. The van der Waals surface area contributed by atoms with Gasteiger partial charge in [-0.15, -0.1) is 13.2 Å². The number of carboxylic acids is 1. The fraction of sp³-hybridized carbons (Fsp3) is 0.864. The molecule has 0 spiro atoms. The van der Waals surface area contributed by atoms with E-state index in [1.54, 1.807) is 8.87 Å². The number of carbonyl (C=O) groups is 1. The molecule has 0 atom stereocenters.